The lowest BCUT2D eigenvalue weighted by atomic mass is 9.99. The van der Waals surface area contributed by atoms with Crippen LogP contribution in [0.25, 0.3) is 0 Å². The number of hydrogen-bond acceptors (Lipinski definition) is 4. The second-order valence-electron chi connectivity index (χ2n) is 14.7. The summed E-state index contributed by atoms with van der Waals surface area (Å²) in [7, 11) is -4.14. The molecule has 0 N–H and O–H groups in total. The van der Waals surface area contributed by atoms with Crippen LogP contribution in [-0.4, -0.2) is 0 Å². The van der Waals surface area contributed by atoms with Crippen molar-refractivity contribution in [2.75, 3.05) is 0 Å². The highest BCUT2D eigenvalue weighted by molar-refractivity contribution is 7.50. The summed E-state index contributed by atoms with van der Waals surface area (Å²) in [5, 5.41) is 0. The Morgan fingerprint density at radius 1 is 0.440 bits per heavy atom. The maximum atomic E-state index is 14.1. The molecule has 0 heterocycles. The van der Waals surface area contributed by atoms with Gasteiger partial charge in [-0.1, -0.05) is 180 Å². The van der Waals surface area contributed by atoms with Gasteiger partial charge in [-0.2, -0.15) is 4.08 Å². The van der Waals surface area contributed by atoms with Crippen LogP contribution < -0.4 is 9.05 Å². The van der Waals surface area contributed by atoms with Gasteiger partial charge in [0, 0.05) is 0 Å². The molecule has 0 aromatic heterocycles. The molecule has 0 saturated carbocycles. The third kappa shape index (κ3) is 19.9. The van der Waals surface area contributed by atoms with E-state index in [1.165, 1.54) is 152 Å². The van der Waals surface area contributed by atoms with Gasteiger partial charge in [-0.15, -0.1) is 0 Å². The van der Waals surface area contributed by atoms with Crippen LogP contribution in [0.15, 0.2) is 36.4 Å². The quantitative estimate of drug-likeness (QED) is 0.0541. The van der Waals surface area contributed by atoms with Crippen molar-refractivity contribution in [3.8, 4) is 11.5 Å². The Balaban J connectivity index is 2.19. The maximum Gasteiger partial charge on any atom is 0.604 e. The van der Waals surface area contributed by atoms with E-state index in [2.05, 4.69) is 52.0 Å². The van der Waals surface area contributed by atoms with E-state index in [1.807, 2.05) is 12.1 Å². The van der Waals surface area contributed by atoms with Gasteiger partial charge in [-0.3, -0.25) is 0 Å². The molecule has 0 spiro atoms. The molecule has 2 aromatic carbocycles. The van der Waals surface area contributed by atoms with E-state index in [9.17, 15) is 4.57 Å². The lowest BCUT2D eigenvalue weighted by Gasteiger charge is -2.20. The average molecular weight is 733 g/mol. The predicted octanol–water partition coefficient (Wildman–Crippen LogP) is 16.0. The molecule has 0 aliphatic rings. The van der Waals surface area contributed by atoms with E-state index < -0.39 is 7.82 Å². The zero-order valence-corrected chi connectivity index (χ0v) is 34.4. The standard InChI is InChI=1S/C44H74ClO4P/c1-5-9-13-17-21-25-29-39-33-35-43(41(37-39)31-27-23-19-15-11-7-3)47-50(46,49-45)48-44-36-34-40(30-26-22-18-14-10-6-2)38-42(44)32-28-24-20-16-12-8-4/h33-38H,5-32H2,1-4H3. The van der Waals surface area contributed by atoms with Crippen LogP contribution in [-0.2, 0) is 34.3 Å². The number of halogens is 1. The van der Waals surface area contributed by atoms with Gasteiger partial charge in [0.2, 0.25) is 0 Å². The molecule has 0 amide bonds. The molecule has 0 fully saturated rings. The van der Waals surface area contributed by atoms with Crippen LogP contribution >= 0.6 is 19.7 Å². The van der Waals surface area contributed by atoms with Crippen molar-refractivity contribution in [3.63, 3.8) is 0 Å². The number of rotatable bonds is 33. The number of aryl methyl sites for hydroxylation is 4. The van der Waals surface area contributed by atoms with E-state index in [1.54, 1.807) is 0 Å². The van der Waals surface area contributed by atoms with Gasteiger partial charge >= 0.3 is 7.82 Å². The minimum atomic E-state index is -4.14. The molecule has 2 rings (SSSR count). The van der Waals surface area contributed by atoms with Crippen LogP contribution in [0, 0.1) is 0 Å². The van der Waals surface area contributed by atoms with Crippen molar-refractivity contribution in [2.24, 2.45) is 0 Å². The van der Waals surface area contributed by atoms with Gasteiger partial charge in [0.1, 0.15) is 11.5 Å². The van der Waals surface area contributed by atoms with Crippen LogP contribution in [0.1, 0.15) is 204 Å². The molecule has 286 valence electrons. The smallest absolute Gasteiger partial charge is 0.394 e. The van der Waals surface area contributed by atoms with Crippen molar-refractivity contribution in [1.82, 2.24) is 0 Å². The Morgan fingerprint density at radius 2 is 0.740 bits per heavy atom. The van der Waals surface area contributed by atoms with Gasteiger partial charge in [0.15, 0.2) is 0 Å². The Hall–Kier alpha value is -1.48. The van der Waals surface area contributed by atoms with Crippen LogP contribution in [0.5, 0.6) is 11.5 Å². The van der Waals surface area contributed by atoms with Crippen LogP contribution in [0.2, 0.25) is 0 Å². The first kappa shape index (κ1) is 44.7. The van der Waals surface area contributed by atoms with E-state index in [0.29, 0.717) is 11.5 Å². The number of benzene rings is 2. The van der Waals surface area contributed by atoms with Crippen LogP contribution in [0.3, 0.4) is 0 Å². The van der Waals surface area contributed by atoms with Crippen LogP contribution in [0.4, 0.5) is 0 Å². The molecule has 0 aliphatic carbocycles. The number of phosphoric ester groups is 1. The Morgan fingerprint density at radius 3 is 1.06 bits per heavy atom. The molecule has 6 heteroatoms. The predicted molar refractivity (Wildman–Crippen MR) is 217 cm³/mol. The maximum absolute atomic E-state index is 14.1. The van der Waals surface area contributed by atoms with Crippen molar-refractivity contribution in [2.45, 2.75) is 207 Å². The minimum absolute atomic E-state index is 0.548. The largest absolute Gasteiger partial charge is 0.604 e. The number of phosphoric acid groups is 1. The number of hydrogen-bond donors (Lipinski definition) is 0. The monoisotopic (exact) mass is 733 g/mol. The zero-order valence-electron chi connectivity index (χ0n) is 32.7. The summed E-state index contributed by atoms with van der Waals surface area (Å²) in [5.74, 6) is 1.10. The second kappa shape index (κ2) is 29.0. The van der Waals surface area contributed by atoms with Gasteiger partial charge in [-0.05, 0) is 85.8 Å². The second-order valence-corrected chi connectivity index (χ2v) is 16.5. The van der Waals surface area contributed by atoms with Crippen molar-refractivity contribution < 1.29 is 17.7 Å². The fourth-order valence-electron chi connectivity index (χ4n) is 6.84. The third-order valence-corrected chi connectivity index (χ3v) is 11.5. The Labute approximate surface area is 314 Å². The van der Waals surface area contributed by atoms with Crippen molar-refractivity contribution >= 4 is 19.7 Å². The minimum Gasteiger partial charge on any atom is -0.394 e. The molecule has 0 atom stereocenters. The van der Waals surface area contributed by atoms with E-state index >= 15 is 0 Å². The molecule has 2 aromatic rings. The Kier molecular flexibility index (Phi) is 25.9. The molecule has 0 bridgehead atoms. The summed E-state index contributed by atoms with van der Waals surface area (Å²) in [6.07, 6.45) is 33.7. The van der Waals surface area contributed by atoms with Crippen molar-refractivity contribution in [1.29, 1.82) is 0 Å². The van der Waals surface area contributed by atoms with Gasteiger partial charge < -0.3 is 9.05 Å². The summed E-state index contributed by atoms with van der Waals surface area (Å²) < 4.78 is 31.5. The first-order chi connectivity index (χ1) is 24.5. The van der Waals surface area contributed by atoms with Crippen molar-refractivity contribution in [3.05, 3.63) is 58.7 Å². The van der Waals surface area contributed by atoms with E-state index in [4.69, 9.17) is 25.0 Å². The molecule has 0 aliphatic heterocycles. The summed E-state index contributed by atoms with van der Waals surface area (Å²) >= 11 is 5.95. The zero-order chi connectivity index (χ0) is 36.1. The molecular weight excluding hydrogens is 659 g/mol. The summed E-state index contributed by atoms with van der Waals surface area (Å²) in [5.41, 5.74) is 4.73. The Bertz CT molecular complexity index is 1080. The highest BCUT2D eigenvalue weighted by atomic mass is 35.5. The normalized spacial score (nSPS) is 11.7. The molecule has 0 saturated heterocycles. The fraction of sp³-hybridized carbons (Fsp3) is 0.727. The molecule has 4 nitrogen and oxygen atoms in total. The summed E-state index contributed by atoms with van der Waals surface area (Å²) in [4.78, 5) is 0. The lowest BCUT2D eigenvalue weighted by molar-refractivity contribution is 0.305. The average Bonchev–Trinajstić information content (AvgIpc) is 3.12. The van der Waals surface area contributed by atoms with E-state index in [-0.39, 0.29) is 0 Å². The van der Waals surface area contributed by atoms with Gasteiger partial charge in [0.25, 0.3) is 0 Å². The summed E-state index contributed by atoms with van der Waals surface area (Å²) in [6, 6.07) is 12.6. The molecule has 50 heavy (non-hydrogen) atoms. The third-order valence-electron chi connectivity index (χ3n) is 9.99. The number of unbranched alkanes of at least 4 members (excludes halogenated alkanes) is 20. The van der Waals surface area contributed by atoms with Gasteiger partial charge in [-0.25, -0.2) is 4.57 Å². The molecule has 0 radical (unpaired) electrons. The highest BCUT2D eigenvalue weighted by Gasteiger charge is 2.33. The molecular formula is C44H74ClO4P. The lowest BCUT2D eigenvalue weighted by Crippen LogP contribution is -2.06. The fourth-order valence-corrected chi connectivity index (χ4v) is 7.94. The first-order valence-corrected chi connectivity index (χ1v) is 22.8. The first-order valence-electron chi connectivity index (χ1n) is 21.0. The highest BCUT2D eigenvalue weighted by Crippen LogP contribution is 2.52. The van der Waals surface area contributed by atoms with Gasteiger partial charge in [0.05, 0.1) is 11.9 Å². The van der Waals surface area contributed by atoms with E-state index in [0.717, 1.165) is 49.7 Å². The topological polar surface area (TPSA) is 44.8 Å². The summed E-state index contributed by atoms with van der Waals surface area (Å²) in [6.45, 7) is 9.02. The SMILES string of the molecule is CCCCCCCCc1ccc(OP(=O)(OCl)Oc2ccc(CCCCCCCC)cc2CCCCCCCC)c(CCCCCCCC)c1. The molecule has 0 unspecified atom stereocenters.